The second-order valence-corrected chi connectivity index (χ2v) is 3.73. The molecule has 0 radical (unpaired) electrons. The Labute approximate surface area is 70.2 Å². The summed E-state index contributed by atoms with van der Waals surface area (Å²) in [6.07, 6.45) is 0. The van der Waals surface area contributed by atoms with Crippen molar-refractivity contribution in [1.82, 2.24) is 0 Å². The van der Waals surface area contributed by atoms with Gasteiger partial charge in [0.25, 0.3) is 0 Å². The van der Waals surface area contributed by atoms with Crippen LogP contribution in [0.5, 0.6) is 5.75 Å². The first-order chi connectivity index (χ1) is 5.49. The predicted octanol–water partition coefficient (Wildman–Crippen LogP) is 0.437. The molecule has 0 saturated heterocycles. The Balaban J connectivity index is 2.98. The zero-order valence-corrected chi connectivity index (χ0v) is 6.91. The lowest BCUT2D eigenvalue weighted by molar-refractivity contribution is 0.452. The van der Waals surface area contributed by atoms with Crippen molar-refractivity contribution in [2.24, 2.45) is 0 Å². The summed E-state index contributed by atoms with van der Waals surface area (Å²) in [5, 5.41) is 9.07. The fourth-order valence-electron chi connectivity index (χ4n) is 0.823. The number of phenols is 1. The molecule has 0 fully saturated rings. The molecule has 1 aromatic carbocycles. The minimum atomic E-state index is -4.31. The molecule has 0 bridgehead atoms. The van der Waals surface area contributed by atoms with Gasteiger partial charge in [-0.15, -0.1) is 0 Å². The Kier molecular flexibility index (Phi) is 2.35. The molecule has 0 aromatic heterocycles. The van der Waals surface area contributed by atoms with Gasteiger partial charge in [0.1, 0.15) is 5.75 Å². The molecule has 12 heavy (non-hydrogen) atoms. The predicted molar refractivity (Wildman–Crippen MR) is 41.5 cm³/mol. The summed E-state index contributed by atoms with van der Waals surface area (Å²) in [4.78, 5) is 0. The van der Waals surface area contributed by atoms with E-state index in [0.717, 1.165) is 0 Å². The lowest BCUT2D eigenvalue weighted by Gasteiger charge is -2.07. The molecule has 0 amide bonds. The van der Waals surface area contributed by atoms with Crippen molar-refractivity contribution in [3.05, 3.63) is 29.8 Å². The van der Waals surface area contributed by atoms with Gasteiger partial charge in [-0.1, -0.05) is 18.2 Å². The number of para-hydroxylation sites is 1. The summed E-state index contributed by atoms with van der Waals surface area (Å²) < 4.78 is 30.9. The standard InChI is InChI=1S/C7H8O4S/c8-7-4-2-1-3-6(7)5-12(9,10)11/h1-4,8H,5H2,(H,9,10,11)/p-1. The maximum absolute atomic E-state index is 10.3. The van der Waals surface area contributed by atoms with Gasteiger partial charge in [0, 0.05) is 5.56 Å². The highest BCUT2D eigenvalue weighted by molar-refractivity contribution is 7.84. The van der Waals surface area contributed by atoms with E-state index in [1.54, 1.807) is 12.1 Å². The van der Waals surface area contributed by atoms with Crippen molar-refractivity contribution in [2.75, 3.05) is 0 Å². The van der Waals surface area contributed by atoms with Gasteiger partial charge >= 0.3 is 0 Å². The Hall–Kier alpha value is -1.07. The fourth-order valence-corrected chi connectivity index (χ4v) is 1.45. The van der Waals surface area contributed by atoms with Gasteiger partial charge in [-0.2, -0.15) is 0 Å². The molecule has 4 nitrogen and oxygen atoms in total. The number of hydrogen-bond acceptors (Lipinski definition) is 4. The molecular formula is C7H7O4S-. The largest absolute Gasteiger partial charge is 0.748 e. The molecule has 0 aliphatic carbocycles. The smallest absolute Gasteiger partial charge is 0.119 e. The first-order valence-electron chi connectivity index (χ1n) is 3.19. The van der Waals surface area contributed by atoms with E-state index in [0.29, 0.717) is 0 Å². The molecule has 5 heteroatoms. The van der Waals surface area contributed by atoms with Gasteiger partial charge in [0.2, 0.25) is 0 Å². The highest BCUT2D eigenvalue weighted by atomic mass is 32.2. The van der Waals surface area contributed by atoms with Crippen molar-refractivity contribution < 1.29 is 18.1 Å². The van der Waals surface area contributed by atoms with Gasteiger partial charge in [-0.05, 0) is 6.07 Å². The van der Waals surface area contributed by atoms with E-state index in [4.69, 9.17) is 5.11 Å². The topological polar surface area (TPSA) is 77.4 Å². The summed E-state index contributed by atoms with van der Waals surface area (Å²) in [7, 11) is -4.31. The Morgan fingerprint density at radius 2 is 1.92 bits per heavy atom. The van der Waals surface area contributed by atoms with E-state index in [9.17, 15) is 13.0 Å². The molecule has 66 valence electrons. The Morgan fingerprint density at radius 1 is 1.33 bits per heavy atom. The number of hydrogen-bond donors (Lipinski definition) is 1. The van der Waals surface area contributed by atoms with Gasteiger partial charge in [0.05, 0.1) is 15.9 Å². The highest BCUT2D eigenvalue weighted by Crippen LogP contribution is 2.17. The monoisotopic (exact) mass is 187 g/mol. The van der Waals surface area contributed by atoms with E-state index >= 15 is 0 Å². The van der Waals surface area contributed by atoms with Gasteiger partial charge in [0.15, 0.2) is 0 Å². The number of benzene rings is 1. The molecular weight excluding hydrogens is 180 g/mol. The van der Waals surface area contributed by atoms with E-state index in [2.05, 4.69) is 0 Å². The normalized spacial score (nSPS) is 11.4. The number of phenolic OH excluding ortho intramolecular Hbond substituents is 1. The van der Waals surface area contributed by atoms with Crippen molar-refractivity contribution in [1.29, 1.82) is 0 Å². The van der Waals surface area contributed by atoms with Crippen LogP contribution in [0.1, 0.15) is 5.56 Å². The molecule has 1 N–H and O–H groups in total. The third-order valence-corrected chi connectivity index (χ3v) is 1.99. The maximum Gasteiger partial charge on any atom is 0.119 e. The van der Waals surface area contributed by atoms with Gasteiger partial charge < -0.3 is 9.66 Å². The molecule has 0 unspecified atom stereocenters. The number of aromatic hydroxyl groups is 1. The maximum atomic E-state index is 10.3. The number of rotatable bonds is 2. The Bertz CT molecular complexity index is 369. The zero-order valence-electron chi connectivity index (χ0n) is 6.10. The van der Waals surface area contributed by atoms with Crippen LogP contribution in [0.3, 0.4) is 0 Å². The van der Waals surface area contributed by atoms with Gasteiger partial charge in [-0.3, -0.25) is 0 Å². The van der Waals surface area contributed by atoms with E-state index in [1.165, 1.54) is 12.1 Å². The second-order valence-electron chi connectivity index (χ2n) is 2.33. The average molecular weight is 187 g/mol. The minimum Gasteiger partial charge on any atom is -0.748 e. The zero-order chi connectivity index (χ0) is 9.19. The van der Waals surface area contributed by atoms with Crippen LogP contribution in [0.2, 0.25) is 0 Å². The van der Waals surface area contributed by atoms with Crippen LogP contribution >= 0.6 is 0 Å². The van der Waals surface area contributed by atoms with Crippen LogP contribution in [0, 0.1) is 0 Å². The fraction of sp³-hybridized carbons (Fsp3) is 0.143. The third kappa shape index (κ3) is 2.52. The molecule has 0 aliphatic rings. The van der Waals surface area contributed by atoms with E-state index in [-0.39, 0.29) is 11.3 Å². The molecule has 1 aromatic rings. The quantitative estimate of drug-likeness (QED) is 0.681. The summed E-state index contributed by atoms with van der Waals surface area (Å²) in [5.41, 5.74) is 0.132. The van der Waals surface area contributed by atoms with Crippen LogP contribution in [0.4, 0.5) is 0 Å². The first kappa shape index (κ1) is 9.02. The summed E-state index contributed by atoms with van der Waals surface area (Å²) in [5.74, 6) is -0.837. The minimum absolute atomic E-state index is 0.132. The van der Waals surface area contributed by atoms with Crippen molar-refractivity contribution in [2.45, 2.75) is 5.75 Å². The molecule has 0 aliphatic heterocycles. The summed E-state index contributed by atoms with van der Waals surface area (Å²) in [6, 6.07) is 5.84. The van der Waals surface area contributed by atoms with Gasteiger partial charge in [-0.25, -0.2) is 8.42 Å². The molecule has 0 spiro atoms. The SMILES string of the molecule is O=S(=O)([O-])Cc1ccccc1O. The summed E-state index contributed by atoms with van der Waals surface area (Å²) >= 11 is 0. The van der Waals surface area contributed by atoms with Crippen LogP contribution in [-0.4, -0.2) is 18.1 Å². The van der Waals surface area contributed by atoms with Crippen LogP contribution < -0.4 is 0 Å². The molecule has 0 saturated carbocycles. The molecule has 0 heterocycles. The van der Waals surface area contributed by atoms with Crippen molar-refractivity contribution in [3.63, 3.8) is 0 Å². The first-order valence-corrected chi connectivity index (χ1v) is 4.77. The molecule has 0 atom stereocenters. The van der Waals surface area contributed by atoms with Crippen molar-refractivity contribution >= 4 is 10.1 Å². The van der Waals surface area contributed by atoms with Crippen LogP contribution in [0.25, 0.3) is 0 Å². The lowest BCUT2D eigenvalue weighted by Crippen LogP contribution is -2.01. The van der Waals surface area contributed by atoms with E-state index < -0.39 is 15.9 Å². The third-order valence-electron chi connectivity index (χ3n) is 1.32. The van der Waals surface area contributed by atoms with Crippen LogP contribution in [0.15, 0.2) is 24.3 Å². The summed E-state index contributed by atoms with van der Waals surface area (Å²) in [6.45, 7) is 0. The molecule has 1 rings (SSSR count). The lowest BCUT2D eigenvalue weighted by atomic mass is 10.2. The second kappa shape index (κ2) is 3.12. The van der Waals surface area contributed by atoms with E-state index in [1.807, 2.05) is 0 Å². The van der Waals surface area contributed by atoms with Crippen molar-refractivity contribution in [3.8, 4) is 5.75 Å². The Morgan fingerprint density at radius 3 is 2.42 bits per heavy atom. The average Bonchev–Trinajstić information content (AvgIpc) is 1.91. The highest BCUT2D eigenvalue weighted by Gasteiger charge is 2.02. The van der Waals surface area contributed by atoms with Crippen LogP contribution in [-0.2, 0) is 15.9 Å².